The summed E-state index contributed by atoms with van der Waals surface area (Å²) in [6.45, 7) is 0. The first kappa shape index (κ1) is 21.1. The standard InChI is InChI=1S/C20H19BrN6O3/c21-14-8-4-7-13(9-14)15(23-20(22)30)11-18(28)26-27-19(29)17-10-16(24-25-17)12-5-2-1-3-6-12/h1-10,15H,11H2,(H,24,25)(H,26,28)(H,27,29)(H3,22,23,30). The second kappa shape index (κ2) is 9.70. The minimum atomic E-state index is -0.761. The molecule has 1 unspecified atom stereocenters. The highest BCUT2D eigenvalue weighted by Crippen LogP contribution is 2.21. The van der Waals surface area contributed by atoms with Crippen molar-refractivity contribution >= 4 is 33.8 Å². The second-order valence-corrected chi connectivity index (χ2v) is 7.27. The molecule has 0 radical (unpaired) electrons. The van der Waals surface area contributed by atoms with Gasteiger partial charge in [0.25, 0.3) is 5.91 Å². The van der Waals surface area contributed by atoms with Crippen LogP contribution in [0.2, 0.25) is 0 Å². The first-order valence-electron chi connectivity index (χ1n) is 8.94. The molecule has 1 aromatic heterocycles. The Kier molecular flexibility index (Phi) is 6.81. The second-order valence-electron chi connectivity index (χ2n) is 6.36. The fourth-order valence-corrected chi connectivity index (χ4v) is 3.19. The molecule has 0 spiro atoms. The van der Waals surface area contributed by atoms with Gasteiger partial charge in [0.05, 0.1) is 18.2 Å². The van der Waals surface area contributed by atoms with Crippen molar-refractivity contribution in [3.8, 4) is 11.3 Å². The first-order chi connectivity index (χ1) is 14.4. The predicted molar refractivity (Wildman–Crippen MR) is 114 cm³/mol. The number of aromatic amines is 1. The zero-order chi connectivity index (χ0) is 21.5. The number of primary amides is 1. The zero-order valence-corrected chi connectivity index (χ0v) is 17.3. The number of benzene rings is 2. The van der Waals surface area contributed by atoms with E-state index >= 15 is 0 Å². The molecule has 1 heterocycles. The van der Waals surface area contributed by atoms with E-state index in [1.165, 1.54) is 0 Å². The average Bonchev–Trinajstić information content (AvgIpc) is 3.22. The summed E-state index contributed by atoms with van der Waals surface area (Å²) in [4.78, 5) is 35.9. The van der Waals surface area contributed by atoms with Gasteiger partial charge in [0.2, 0.25) is 5.91 Å². The van der Waals surface area contributed by atoms with Crippen molar-refractivity contribution in [1.29, 1.82) is 0 Å². The molecule has 0 aliphatic heterocycles. The molecular formula is C20H19BrN6O3. The minimum absolute atomic E-state index is 0.127. The van der Waals surface area contributed by atoms with Crippen molar-refractivity contribution in [1.82, 2.24) is 26.4 Å². The molecule has 0 aliphatic carbocycles. The van der Waals surface area contributed by atoms with Crippen LogP contribution in [0.3, 0.4) is 0 Å². The number of nitrogens with two attached hydrogens (primary N) is 1. The Morgan fingerprint density at radius 1 is 1.03 bits per heavy atom. The quantitative estimate of drug-likeness (QED) is 0.352. The van der Waals surface area contributed by atoms with Crippen LogP contribution in [0.1, 0.15) is 28.5 Å². The number of urea groups is 1. The number of hydrogen-bond acceptors (Lipinski definition) is 4. The van der Waals surface area contributed by atoms with Crippen molar-refractivity contribution in [2.24, 2.45) is 5.73 Å². The Morgan fingerprint density at radius 3 is 2.50 bits per heavy atom. The summed E-state index contributed by atoms with van der Waals surface area (Å²) in [6, 6.07) is 16.6. The lowest BCUT2D eigenvalue weighted by molar-refractivity contribution is -0.122. The van der Waals surface area contributed by atoms with Gasteiger partial charge >= 0.3 is 6.03 Å². The number of H-pyrrole nitrogens is 1. The average molecular weight is 471 g/mol. The molecule has 6 N–H and O–H groups in total. The van der Waals surface area contributed by atoms with E-state index in [-0.39, 0.29) is 12.1 Å². The van der Waals surface area contributed by atoms with Crippen LogP contribution in [0.15, 0.2) is 65.1 Å². The monoisotopic (exact) mass is 470 g/mol. The summed E-state index contributed by atoms with van der Waals surface area (Å²) < 4.78 is 0.790. The molecular weight excluding hydrogens is 452 g/mol. The molecule has 154 valence electrons. The molecule has 4 amide bonds. The Bertz CT molecular complexity index is 1050. The lowest BCUT2D eigenvalue weighted by atomic mass is 10.0. The molecule has 0 saturated heterocycles. The third kappa shape index (κ3) is 5.67. The number of aromatic nitrogens is 2. The summed E-state index contributed by atoms with van der Waals surface area (Å²) in [5, 5.41) is 9.26. The van der Waals surface area contributed by atoms with Gasteiger partial charge in [-0.3, -0.25) is 25.5 Å². The van der Waals surface area contributed by atoms with Crippen molar-refractivity contribution in [3.05, 3.63) is 76.4 Å². The smallest absolute Gasteiger partial charge is 0.312 e. The molecule has 30 heavy (non-hydrogen) atoms. The van der Waals surface area contributed by atoms with E-state index < -0.39 is 23.9 Å². The van der Waals surface area contributed by atoms with Gasteiger partial charge < -0.3 is 11.1 Å². The van der Waals surface area contributed by atoms with Crippen LogP contribution < -0.4 is 21.9 Å². The van der Waals surface area contributed by atoms with E-state index in [4.69, 9.17) is 5.73 Å². The number of hydrazine groups is 1. The van der Waals surface area contributed by atoms with E-state index in [1.54, 1.807) is 24.3 Å². The maximum Gasteiger partial charge on any atom is 0.312 e. The maximum atomic E-state index is 12.3. The van der Waals surface area contributed by atoms with E-state index in [0.29, 0.717) is 11.3 Å². The van der Waals surface area contributed by atoms with E-state index in [0.717, 1.165) is 10.0 Å². The number of nitrogens with one attached hydrogen (secondary N) is 4. The molecule has 0 fully saturated rings. The number of carbonyl (C=O) groups excluding carboxylic acids is 3. The number of carbonyl (C=O) groups is 3. The van der Waals surface area contributed by atoms with Gasteiger partial charge in [-0.15, -0.1) is 0 Å². The van der Waals surface area contributed by atoms with Gasteiger partial charge in [-0.1, -0.05) is 58.4 Å². The molecule has 0 aliphatic rings. The fourth-order valence-electron chi connectivity index (χ4n) is 2.77. The molecule has 1 atom stereocenters. The van der Waals surface area contributed by atoms with Crippen molar-refractivity contribution in [2.45, 2.75) is 12.5 Å². The number of halogens is 1. The molecule has 0 bridgehead atoms. The lowest BCUT2D eigenvalue weighted by Crippen LogP contribution is -2.44. The highest BCUT2D eigenvalue weighted by molar-refractivity contribution is 9.10. The Hall–Kier alpha value is -3.66. The molecule has 2 aromatic carbocycles. The SMILES string of the molecule is NC(=O)NC(CC(=O)NNC(=O)c1cc(-c2ccccc2)n[nH]1)c1cccc(Br)c1. The van der Waals surface area contributed by atoms with Crippen LogP contribution in [0.5, 0.6) is 0 Å². The van der Waals surface area contributed by atoms with Crippen LogP contribution in [0.4, 0.5) is 4.79 Å². The highest BCUT2D eigenvalue weighted by Gasteiger charge is 2.19. The highest BCUT2D eigenvalue weighted by atomic mass is 79.9. The summed E-state index contributed by atoms with van der Waals surface area (Å²) in [6.07, 6.45) is -0.127. The third-order valence-electron chi connectivity index (χ3n) is 4.16. The molecule has 9 nitrogen and oxygen atoms in total. The third-order valence-corrected chi connectivity index (χ3v) is 4.66. The Morgan fingerprint density at radius 2 is 1.80 bits per heavy atom. The topological polar surface area (TPSA) is 142 Å². The lowest BCUT2D eigenvalue weighted by Gasteiger charge is -2.18. The number of nitrogens with zero attached hydrogens (tertiary/aromatic N) is 1. The predicted octanol–water partition coefficient (Wildman–Crippen LogP) is 2.40. The first-order valence-corrected chi connectivity index (χ1v) is 9.73. The molecule has 10 heteroatoms. The summed E-state index contributed by atoms with van der Waals surface area (Å²) in [5.41, 5.74) is 12.2. The van der Waals surface area contributed by atoms with Crippen LogP contribution in [-0.2, 0) is 4.79 Å². The van der Waals surface area contributed by atoms with E-state index in [9.17, 15) is 14.4 Å². The maximum absolute atomic E-state index is 12.3. The van der Waals surface area contributed by atoms with E-state index in [1.807, 2.05) is 36.4 Å². The van der Waals surface area contributed by atoms with E-state index in [2.05, 4.69) is 42.3 Å². The van der Waals surface area contributed by atoms with Crippen LogP contribution in [0, 0.1) is 0 Å². The Balaban J connectivity index is 1.59. The van der Waals surface area contributed by atoms with Crippen LogP contribution in [0.25, 0.3) is 11.3 Å². The van der Waals surface area contributed by atoms with Gasteiger partial charge in [0.15, 0.2) is 0 Å². The van der Waals surface area contributed by atoms with Crippen molar-refractivity contribution < 1.29 is 14.4 Å². The van der Waals surface area contributed by atoms with Gasteiger partial charge in [-0.25, -0.2) is 4.79 Å². The van der Waals surface area contributed by atoms with Gasteiger partial charge in [-0.05, 0) is 23.8 Å². The Labute approximate surface area is 180 Å². The summed E-state index contributed by atoms with van der Waals surface area (Å²) in [7, 11) is 0. The number of rotatable bonds is 6. The number of amides is 4. The van der Waals surface area contributed by atoms with Gasteiger partial charge in [-0.2, -0.15) is 5.10 Å². The van der Waals surface area contributed by atoms with Crippen LogP contribution in [-0.4, -0.2) is 28.0 Å². The summed E-state index contributed by atoms with van der Waals surface area (Å²) >= 11 is 3.35. The number of hydrogen-bond donors (Lipinski definition) is 5. The van der Waals surface area contributed by atoms with Crippen molar-refractivity contribution in [2.75, 3.05) is 0 Å². The fraction of sp³-hybridized carbons (Fsp3) is 0.100. The molecule has 0 saturated carbocycles. The summed E-state index contributed by atoms with van der Waals surface area (Å²) in [5.74, 6) is -1.07. The van der Waals surface area contributed by atoms with Gasteiger partial charge in [0.1, 0.15) is 5.69 Å². The zero-order valence-electron chi connectivity index (χ0n) is 15.7. The van der Waals surface area contributed by atoms with Crippen LogP contribution >= 0.6 is 15.9 Å². The normalized spacial score (nSPS) is 11.4. The van der Waals surface area contributed by atoms with Crippen molar-refractivity contribution in [3.63, 3.8) is 0 Å². The van der Waals surface area contributed by atoms with Gasteiger partial charge in [0, 0.05) is 10.0 Å². The molecule has 3 rings (SSSR count). The largest absolute Gasteiger partial charge is 0.352 e. The molecule has 3 aromatic rings. The minimum Gasteiger partial charge on any atom is -0.352 e.